The van der Waals surface area contributed by atoms with Crippen molar-refractivity contribution in [3.63, 3.8) is 0 Å². The van der Waals surface area contributed by atoms with Gasteiger partial charge in [-0.3, -0.25) is 14.4 Å². The molecule has 364 valence electrons. The lowest BCUT2D eigenvalue weighted by Gasteiger charge is -2.18. The largest absolute Gasteiger partial charge is 0.462 e. The molecule has 63 heavy (non-hydrogen) atoms. The Morgan fingerprint density at radius 1 is 0.317 bits per heavy atom. The third kappa shape index (κ3) is 50.0. The van der Waals surface area contributed by atoms with Crippen molar-refractivity contribution in [2.45, 2.75) is 271 Å². The van der Waals surface area contributed by atoms with E-state index in [2.05, 4.69) is 81.5 Å². The van der Waals surface area contributed by atoms with Gasteiger partial charge in [-0.2, -0.15) is 0 Å². The first kappa shape index (κ1) is 60.1. The number of unbranched alkanes of at least 4 members (excludes halogenated alkanes) is 27. The summed E-state index contributed by atoms with van der Waals surface area (Å²) in [5, 5.41) is 0. The van der Waals surface area contributed by atoms with Gasteiger partial charge in [0, 0.05) is 19.3 Å². The quantitative estimate of drug-likeness (QED) is 0.0262. The van der Waals surface area contributed by atoms with Crippen molar-refractivity contribution in [3.8, 4) is 0 Å². The molecule has 0 fully saturated rings. The van der Waals surface area contributed by atoms with Crippen molar-refractivity contribution in [3.05, 3.63) is 60.8 Å². The molecule has 0 saturated carbocycles. The van der Waals surface area contributed by atoms with Gasteiger partial charge in [-0.1, -0.05) is 204 Å². The zero-order chi connectivity index (χ0) is 45.8. The summed E-state index contributed by atoms with van der Waals surface area (Å²) in [5.41, 5.74) is 0. The highest BCUT2D eigenvalue weighted by atomic mass is 16.6. The van der Waals surface area contributed by atoms with Gasteiger partial charge < -0.3 is 14.2 Å². The number of ether oxygens (including phenoxy) is 3. The molecule has 0 spiro atoms. The highest BCUT2D eigenvalue weighted by Gasteiger charge is 2.19. The predicted octanol–water partition coefficient (Wildman–Crippen LogP) is 17.6. The Hall–Kier alpha value is -2.89. The Labute approximate surface area is 390 Å². The molecule has 6 heteroatoms. The molecule has 0 aromatic rings. The van der Waals surface area contributed by atoms with E-state index < -0.39 is 6.10 Å². The molecule has 1 atom stereocenters. The summed E-state index contributed by atoms with van der Waals surface area (Å²) in [6.07, 6.45) is 63.5. The van der Waals surface area contributed by atoms with Crippen LogP contribution in [0, 0.1) is 0 Å². The van der Waals surface area contributed by atoms with E-state index in [4.69, 9.17) is 14.2 Å². The van der Waals surface area contributed by atoms with Crippen LogP contribution in [0.25, 0.3) is 0 Å². The molecular weight excluding hydrogens is 781 g/mol. The minimum atomic E-state index is -0.798. The molecule has 0 N–H and O–H groups in total. The van der Waals surface area contributed by atoms with Crippen LogP contribution in [0.4, 0.5) is 0 Å². The van der Waals surface area contributed by atoms with Crippen LogP contribution in [0.1, 0.15) is 265 Å². The van der Waals surface area contributed by atoms with Crippen molar-refractivity contribution in [1.29, 1.82) is 0 Å². The standard InChI is InChI=1S/C57H100O6/c1-4-7-10-13-16-19-22-24-26-27-28-29-31-32-35-38-41-44-47-50-56(59)62-53-54(52-61-55(58)49-46-43-40-37-34-21-18-15-12-9-6-3)63-57(60)51-48-45-42-39-36-33-30-25-23-20-17-14-11-8-5-2/h15,17-18,20,25,27-28,30,36,39,54H,4-14,16,19,21-24,26,29,31-35,37-38,40-53H2,1-3H3/b18-15-,20-17-,28-27-,30-25-,39-36-/t54-/m1/s1. The summed E-state index contributed by atoms with van der Waals surface area (Å²) < 4.78 is 16.8. The van der Waals surface area contributed by atoms with Gasteiger partial charge in [0.2, 0.25) is 0 Å². The second kappa shape index (κ2) is 51.7. The van der Waals surface area contributed by atoms with E-state index in [0.717, 1.165) is 70.6 Å². The lowest BCUT2D eigenvalue weighted by atomic mass is 10.1. The fraction of sp³-hybridized carbons (Fsp3) is 0.772. The van der Waals surface area contributed by atoms with E-state index in [0.29, 0.717) is 19.3 Å². The van der Waals surface area contributed by atoms with Gasteiger partial charge in [0.15, 0.2) is 6.10 Å². The molecular formula is C57H100O6. The van der Waals surface area contributed by atoms with Crippen LogP contribution < -0.4 is 0 Å². The summed E-state index contributed by atoms with van der Waals surface area (Å²) in [5.74, 6) is -0.942. The monoisotopic (exact) mass is 881 g/mol. The van der Waals surface area contributed by atoms with Crippen LogP contribution in [0.2, 0.25) is 0 Å². The third-order valence-electron chi connectivity index (χ3n) is 11.5. The summed E-state index contributed by atoms with van der Waals surface area (Å²) >= 11 is 0. The topological polar surface area (TPSA) is 78.9 Å². The first-order valence-corrected chi connectivity index (χ1v) is 26.8. The fourth-order valence-electron chi connectivity index (χ4n) is 7.37. The van der Waals surface area contributed by atoms with Crippen molar-refractivity contribution in [2.75, 3.05) is 13.2 Å². The maximum absolute atomic E-state index is 12.8. The molecule has 6 nitrogen and oxygen atoms in total. The average Bonchev–Trinajstić information content (AvgIpc) is 3.28. The molecule has 0 bridgehead atoms. The third-order valence-corrected chi connectivity index (χ3v) is 11.5. The zero-order valence-corrected chi connectivity index (χ0v) is 41.6. The maximum Gasteiger partial charge on any atom is 0.306 e. The first-order chi connectivity index (χ1) is 31.0. The number of rotatable bonds is 48. The number of hydrogen-bond acceptors (Lipinski definition) is 6. The summed E-state index contributed by atoms with van der Waals surface area (Å²) in [6, 6.07) is 0. The van der Waals surface area contributed by atoms with Crippen molar-refractivity contribution < 1.29 is 28.6 Å². The molecule has 0 aliphatic carbocycles. The molecule has 0 radical (unpaired) electrons. The highest BCUT2D eigenvalue weighted by Crippen LogP contribution is 2.14. The number of hydrogen-bond donors (Lipinski definition) is 0. The SMILES string of the molecule is CCCC/C=C\CCCCCCCC(=O)OC[C@H](COC(=O)CCCCCCCCC/C=C\CCCCCCCCCC)OC(=O)CCCC/C=C\C/C=C\C/C=C\CCCCC. The van der Waals surface area contributed by atoms with Gasteiger partial charge >= 0.3 is 17.9 Å². The number of esters is 3. The van der Waals surface area contributed by atoms with Crippen molar-refractivity contribution >= 4 is 17.9 Å². The van der Waals surface area contributed by atoms with Gasteiger partial charge in [0.1, 0.15) is 13.2 Å². The highest BCUT2D eigenvalue weighted by molar-refractivity contribution is 5.71. The van der Waals surface area contributed by atoms with Crippen LogP contribution in [0.5, 0.6) is 0 Å². The fourth-order valence-corrected chi connectivity index (χ4v) is 7.37. The van der Waals surface area contributed by atoms with Gasteiger partial charge in [-0.25, -0.2) is 0 Å². The lowest BCUT2D eigenvalue weighted by Crippen LogP contribution is -2.30. The molecule has 0 aliphatic heterocycles. The maximum atomic E-state index is 12.8. The molecule has 0 aromatic heterocycles. The Bertz CT molecular complexity index is 1150. The van der Waals surface area contributed by atoms with Gasteiger partial charge in [0.25, 0.3) is 0 Å². The summed E-state index contributed by atoms with van der Waals surface area (Å²) in [7, 11) is 0. The Morgan fingerprint density at radius 2 is 0.587 bits per heavy atom. The predicted molar refractivity (Wildman–Crippen MR) is 270 cm³/mol. The zero-order valence-electron chi connectivity index (χ0n) is 41.6. The van der Waals surface area contributed by atoms with Crippen LogP contribution in [0.15, 0.2) is 60.8 Å². The molecule has 0 rings (SSSR count). The summed E-state index contributed by atoms with van der Waals surface area (Å²) in [4.78, 5) is 38.0. The summed E-state index contributed by atoms with van der Waals surface area (Å²) in [6.45, 7) is 6.54. The minimum Gasteiger partial charge on any atom is -0.462 e. The minimum absolute atomic E-state index is 0.0940. The molecule has 0 saturated heterocycles. The van der Waals surface area contributed by atoms with E-state index in [-0.39, 0.29) is 37.5 Å². The molecule has 0 heterocycles. The molecule has 0 aliphatic rings. The number of allylic oxidation sites excluding steroid dienone is 10. The van der Waals surface area contributed by atoms with Gasteiger partial charge in [-0.05, 0) is 103 Å². The van der Waals surface area contributed by atoms with E-state index >= 15 is 0 Å². The average molecular weight is 881 g/mol. The van der Waals surface area contributed by atoms with Crippen LogP contribution >= 0.6 is 0 Å². The van der Waals surface area contributed by atoms with Crippen LogP contribution in [-0.2, 0) is 28.6 Å². The smallest absolute Gasteiger partial charge is 0.306 e. The number of carbonyl (C=O) groups excluding carboxylic acids is 3. The van der Waals surface area contributed by atoms with Crippen molar-refractivity contribution in [1.82, 2.24) is 0 Å². The van der Waals surface area contributed by atoms with E-state index in [1.807, 2.05) is 0 Å². The second-order valence-electron chi connectivity index (χ2n) is 17.8. The van der Waals surface area contributed by atoms with Crippen LogP contribution in [0.3, 0.4) is 0 Å². The van der Waals surface area contributed by atoms with Gasteiger partial charge in [-0.15, -0.1) is 0 Å². The molecule has 0 amide bonds. The Morgan fingerprint density at radius 3 is 1.02 bits per heavy atom. The molecule has 0 aromatic carbocycles. The van der Waals surface area contributed by atoms with Gasteiger partial charge in [0.05, 0.1) is 0 Å². The van der Waals surface area contributed by atoms with E-state index in [9.17, 15) is 14.4 Å². The Balaban J connectivity index is 4.39. The van der Waals surface area contributed by atoms with E-state index in [1.165, 1.54) is 148 Å². The van der Waals surface area contributed by atoms with Crippen molar-refractivity contribution in [2.24, 2.45) is 0 Å². The normalized spacial score (nSPS) is 12.5. The second-order valence-corrected chi connectivity index (χ2v) is 17.8. The Kier molecular flexibility index (Phi) is 49.4. The molecule has 0 unspecified atom stereocenters. The number of carbonyl (C=O) groups is 3. The lowest BCUT2D eigenvalue weighted by molar-refractivity contribution is -0.167. The van der Waals surface area contributed by atoms with Crippen LogP contribution in [-0.4, -0.2) is 37.2 Å². The van der Waals surface area contributed by atoms with E-state index in [1.54, 1.807) is 0 Å². The first-order valence-electron chi connectivity index (χ1n) is 26.8.